The molecule has 0 aromatic heterocycles. The van der Waals surface area contributed by atoms with Gasteiger partial charge in [-0.1, -0.05) is 0 Å². The van der Waals surface area contributed by atoms with E-state index in [-0.39, 0.29) is 5.91 Å². The zero-order chi connectivity index (χ0) is 9.26. The van der Waals surface area contributed by atoms with Gasteiger partial charge in [0.15, 0.2) is 0 Å². The molecule has 2 atom stereocenters. The number of hydrazine groups is 1. The van der Waals surface area contributed by atoms with Crippen molar-refractivity contribution < 1.29 is 4.79 Å². The quantitative estimate of drug-likeness (QED) is 0.626. The van der Waals surface area contributed by atoms with Crippen molar-refractivity contribution in [3.63, 3.8) is 0 Å². The van der Waals surface area contributed by atoms with Crippen molar-refractivity contribution in [2.24, 2.45) is 0 Å². The summed E-state index contributed by atoms with van der Waals surface area (Å²) in [5.41, 5.74) is 3.17. The van der Waals surface area contributed by atoms with Gasteiger partial charge in [0.25, 0.3) is 0 Å². The lowest BCUT2D eigenvalue weighted by atomic mass is 10.2. The number of hydrogen-bond donors (Lipinski definition) is 2. The Balaban J connectivity index is 1.83. The van der Waals surface area contributed by atoms with Gasteiger partial charge in [-0.05, 0) is 26.3 Å². The highest BCUT2D eigenvalue weighted by atomic mass is 16.2. The molecule has 0 radical (unpaired) electrons. The number of hydrogen-bond acceptors (Lipinski definition) is 3. The molecular formula is C9H17N3O. The summed E-state index contributed by atoms with van der Waals surface area (Å²) in [6.07, 6.45) is 3.08. The van der Waals surface area contributed by atoms with Crippen LogP contribution in [0.5, 0.6) is 0 Å². The van der Waals surface area contributed by atoms with Crippen molar-refractivity contribution in [3.8, 4) is 0 Å². The highest BCUT2D eigenvalue weighted by molar-refractivity contribution is 5.78. The Kier molecular flexibility index (Phi) is 2.51. The SMILES string of the molecule is CC1CC(=O)N(CC2CCCN2)N1. The van der Waals surface area contributed by atoms with E-state index in [0.29, 0.717) is 18.5 Å². The number of carbonyl (C=O) groups is 1. The zero-order valence-electron chi connectivity index (χ0n) is 8.05. The molecule has 2 aliphatic rings. The fourth-order valence-electron chi connectivity index (χ4n) is 2.04. The summed E-state index contributed by atoms with van der Waals surface area (Å²) < 4.78 is 0. The van der Waals surface area contributed by atoms with Gasteiger partial charge in [0, 0.05) is 18.5 Å². The Bertz CT molecular complexity index is 201. The normalized spacial score (nSPS) is 34.5. The van der Waals surface area contributed by atoms with Crippen LogP contribution in [0.1, 0.15) is 26.2 Å². The predicted molar refractivity (Wildman–Crippen MR) is 50.0 cm³/mol. The Morgan fingerprint density at radius 3 is 3.00 bits per heavy atom. The van der Waals surface area contributed by atoms with Crippen molar-refractivity contribution in [3.05, 3.63) is 0 Å². The van der Waals surface area contributed by atoms with Gasteiger partial charge in [0.1, 0.15) is 0 Å². The monoisotopic (exact) mass is 183 g/mol. The largest absolute Gasteiger partial charge is 0.312 e. The van der Waals surface area contributed by atoms with Crippen LogP contribution in [0.25, 0.3) is 0 Å². The molecule has 2 saturated heterocycles. The van der Waals surface area contributed by atoms with Crippen LogP contribution in [-0.4, -0.2) is 36.1 Å². The Morgan fingerprint density at radius 2 is 2.46 bits per heavy atom. The van der Waals surface area contributed by atoms with E-state index in [1.807, 2.05) is 6.92 Å². The maximum absolute atomic E-state index is 11.4. The maximum atomic E-state index is 11.4. The van der Waals surface area contributed by atoms with Gasteiger partial charge >= 0.3 is 0 Å². The molecule has 2 fully saturated rings. The molecule has 2 unspecified atom stereocenters. The highest BCUT2D eigenvalue weighted by Gasteiger charge is 2.28. The van der Waals surface area contributed by atoms with Crippen LogP contribution in [0.15, 0.2) is 0 Å². The predicted octanol–water partition coefficient (Wildman–Crippen LogP) is -0.136. The molecule has 0 bridgehead atoms. The third-order valence-electron chi connectivity index (χ3n) is 2.72. The number of nitrogens with one attached hydrogen (secondary N) is 2. The van der Waals surface area contributed by atoms with Gasteiger partial charge in [-0.3, -0.25) is 9.80 Å². The van der Waals surface area contributed by atoms with E-state index in [1.165, 1.54) is 12.8 Å². The molecule has 0 saturated carbocycles. The first-order chi connectivity index (χ1) is 6.25. The molecule has 1 amide bonds. The topological polar surface area (TPSA) is 44.4 Å². The average molecular weight is 183 g/mol. The van der Waals surface area contributed by atoms with E-state index in [1.54, 1.807) is 5.01 Å². The minimum Gasteiger partial charge on any atom is -0.312 e. The van der Waals surface area contributed by atoms with Gasteiger partial charge in [0.05, 0.1) is 6.54 Å². The van der Waals surface area contributed by atoms with Gasteiger partial charge in [-0.25, -0.2) is 5.43 Å². The lowest BCUT2D eigenvalue weighted by Crippen LogP contribution is -2.44. The van der Waals surface area contributed by atoms with E-state index in [4.69, 9.17) is 0 Å². The first kappa shape index (κ1) is 8.97. The standard InChI is InChI=1S/C9H17N3O/c1-7-5-9(13)12(11-7)6-8-3-2-4-10-8/h7-8,10-11H,2-6H2,1H3. The van der Waals surface area contributed by atoms with Crippen molar-refractivity contribution in [2.45, 2.75) is 38.3 Å². The minimum atomic E-state index is 0.237. The molecule has 74 valence electrons. The smallest absolute Gasteiger partial charge is 0.238 e. The summed E-state index contributed by atoms with van der Waals surface area (Å²) in [5, 5.41) is 5.16. The Labute approximate surface area is 78.6 Å². The van der Waals surface area contributed by atoms with Gasteiger partial charge in [0.2, 0.25) is 5.91 Å². The molecule has 2 N–H and O–H groups in total. The lowest BCUT2D eigenvalue weighted by Gasteiger charge is -2.20. The van der Waals surface area contributed by atoms with Crippen molar-refractivity contribution in [1.82, 2.24) is 15.8 Å². The van der Waals surface area contributed by atoms with Crippen molar-refractivity contribution in [2.75, 3.05) is 13.1 Å². The second-order valence-electron chi connectivity index (χ2n) is 4.03. The van der Waals surface area contributed by atoms with E-state index in [2.05, 4.69) is 10.7 Å². The molecule has 13 heavy (non-hydrogen) atoms. The summed E-state index contributed by atoms with van der Waals surface area (Å²) in [6, 6.07) is 0.815. The second kappa shape index (κ2) is 3.64. The van der Waals surface area contributed by atoms with E-state index >= 15 is 0 Å². The van der Waals surface area contributed by atoms with E-state index in [9.17, 15) is 4.79 Å². The van der Waals surface area contributed by atoms with Crippen LogP contribution in [0, 0.1) is 0 Å². The summed E-state index contributed by atoms with van der Waals surface area (Å²) in [6.45, 7) is 3.96. The number of rotatable bonds is 2. The fraction of sp³-hybridized carbons (Fsp3) is 0.889. The van der Waals surface area contributed by atoms with Gasteiger partial charge in [-0.2, -0.15) is 0 Å². The van der Waals surface area contributed by atoms with E-state index in [0.717, 1.165) is 13.1 Å². The third-order valence-corrected chi connectivity index (χ3v) is 2.72. The maximum Gasteiger partial charge on any atom is 0.238 e. The fourth-order valence-corrected chi connectivity index (χ4v) is 2.04. The van der Waals surface area contributed by atoms with Gasteiger partial charge in [-0.15, -0.1) is 0 Å². The molecule has 4 nitrogen and oxygen atoms in total. The number of nitrogens with zero attached hydrogens (tertiary/aromatic N) is 1. The van der Waals surface area contributed by atoms with E-state index < -0.39 is 0 Å². The van der Waals surface area contributed by atoms with Crippen LogP contribution in [-0.2, 0) is 4.79 Å². The second-order valence-corrected chi connectivity index (χ2v) is 4.03. The molecule has 0 aliphatic carbocycles. The highest BCUT2D eigenvalue weighted by Crippen LogP contribution is 2.11. The molecule has 2 rings (SSSR count). The molecule has 2 heterocycles. The van der Waals surface area contributed by atoms with Crippen LogP contribution in [0.4, 0.5) is 0 Å². The van der Waals surface area contributed by atoms with Crippen LogP contribution < -0.4 is 10.7 Å². The van der Waals surface area contributed by atoms with Crippen molar-refractivity contribution >= 4 is 5.91 Å². The summed E-state index contributed by atoms with van der Waals surface area (Å²) in [5.74, 6) is 0.237. The van der Waals surface area contributed by atoms with Crippen LogP contribution >= 0.6 is 0 Å². The summed E-state index contributed by atoms with van der Waals surface area (Å²) in [4.78, 5) is 11.4. The molecule has 0 aromatic carbocycles. The molecule has 0 spiro atoms. The molecule has 0 aromatic rings. The first-order valence-electron chi connectivity index (χ1n) is 5.05. The molecular weight excluding hydrogens is 166 g/mol. The zero-order valence-corrected chi connectivity index (χ0v) is 8.05. The Hall–Kier alpha value is -0.610. The first-order valence-corrected chi connectivity index (χ1v) is 5.05. The van der Waals surface area contributed by atoms with Crippen molar-refractivity contribution in [1.29, 1.82) is 0 Å². The molecule has 2 aliphatic heterocycles. The minimum absolute atomic E-state index is 0.237. The van der Waals surface area contributed by atoms with Crippen LogP contribution in [0.3, 0.4) is 0 Å². The average Bonchev–Trinajstić information content (AvgIpc) is 2.63. The number of amides is 1. The van der Waals surface area contributed by atoms with Gasteiger partial charge < -0.3 is 5.32 Å². The third kappa shape index (κ3) is 2.00. The Morgan fingerprint density at radius 1 is 1.62 bits per heavy atom. The summed E-state index contributed by atoms with van der Waals surface area (Å²) >= 11 is 0. The lowest BCUT2D eigenvalue weighted by molar-refractivity contribution is -0.129. The number of carbonyl (C=O) groups excluding carboxylic acids is 1. The molecule has 4 heteroatoms. The van der Waals surface area contributed by atoms with Crippen LogP contribution in [0.2, 0.25) is 0 Å². The summed E-state index contributed by atoms with van der Waals surface area (Å²) in [7, 11) is 0.